The van der Waals surface area contributed by atoms with Gasteiger partial charge in [0.15, 0.2) is 6.04 Å². The Kier molecular flexibility index (Phi) is 5.61. The molecule has 3 amide bonds. The first-order valence-electron chi connectivity index (χ1n) is 5.23. The van der Waals surface area contributed by atoms with Gasteiger partial charge in [0.25, 0.3) is 0 Å². The largest absolute Gasteiger partial charge is 0.479 e. The quantitative estimate of drug-likeness (QED) is 0.558. The third kappa shape index (κ3) is 5.25. The lowest BCUT2D eigenvalue weighted by Gasteiger charge is -2.13. The molecule has 1 aromatic rings. The predicted molar refractivity (Wildman–Crippen MR) is 66.8 cm³/mol. The van der Waals surface area contributed by atoms with E-state index in [0.717, 1.165) is 0 Å². The van der Waals surface area contributed by atoms with E-state index in [1.54, 1.807) is 17.5 Å². The van der Waals surface area contributed by atoms with E-state index < -0.39 is 24.1 Å². The van der Waals surface area contributed by atoms with Crippen molar-refractivity contribution in [2.75, 3.05) is 13.2 Å². The van der Waals surface area contributed by atoms with Crippen LogP contribution in [0, 0.1) is 0 Å². The maximum atomic E-state index is 11.4. The highest BCUT2D eigenvalue weighted by Crippen LogP contribution is 2.18. The number of hydrogen-bond donors (Lipinski definition) is 4. The monoisotopic (exact) mass is 287 g/mol. The molecular formula is C10H13N3O5S. The minimum Gasteiger partial charge on any atom is -0.479 e. The van der Waals surface area contributed by atoms with Crippen LogP contribution in [0.15, 0.2) is 17.5 Å². The summed E-state index contributed by atoms with van der Waals surface area (Å²) in [6, 6.07) is 1.52. The summed E-state index contributed by atoms with van der Waals surface area (Å²) in [6.45, 7) is -0.0505. The summed E-state index contributed by atoms with van der Waals surface area (Å²) >= 11 is 1.22. The SMILES string of the molecule is NC(=O)OCCNC(=O)NC(C(=O)O)c1cccs1. The van der Waals surface area contributed by atoms with Gasteiger partial charge in [-0.2, -0.15) is 0 Å². The smallest absolute Gasteiger partial charge is 0.404 e. The molecule has 1 atom stereocenters. The molecule has 0 aliphatic rings. The van der Waals surface area contributed by atoms with Crippen molar-refractivity contribution >= 4 is 29.4 Å². The number of carbonyl (C=O) groups excluding carboxylic acids is 2. The summed E-state index contributed by atoms with van der Waals surface area (Å²) in [7, 11) is 0. The van der Waals surface area contributed by atoms with E-state index in [1.807, 2.05) is 0 Å². The number of nitrogens with one attached hydrogen (secondary N) is 2. The zero-order valence-corrected chi connectivity index (χ0v) is 10.6. The molecule has 1 rings (SSSR count). The van der Waals surface area contributed by atoms with Crippen LogP contribution in [0.4, 0.5) is 9.59 Å². The molecule has 0 radical (unpaired) electrons. The number of amides is 3. The molecule has 1 unspecified atom stereocenters. The summed E-state index contributed by atoms with van der Waals surface area (Å²) in [5.74, 6) is -1.16. The van der Waals surface area contributed by atoms with Gasteiger partial charge >= 0.3 is 18.1 Å². The first kappa shape index (κ1) is 14.8. The second kappa shape index (κ2) is 7.21. The number of rotatable bonds is 6. The summed E-state index contributed by atoms with van der Waals surface area (Å²) in [5, 5.41) is 15.4. The van der Waals surface area contributed by atoms with Gasteiger partial charge in [-0.05, 0) is 11.4 Å². The number of carboxylic acids is 1. The van der Waals surface area contributed by atoms with Crippen molar-refractivity contribution in [1.29, 1.82) is 0 Å². The van der Waals surface area contributed by atoms with E-state index in [2.05, 4.69) is 15.4 Å². The lowest BCUT2D eigenvalue weighted by Crippen LogP contribution is -2.42. The molecule has 0 fully saturated rings. The minimum atomic E-state index is -1.16. The zero-order valence-electron chi connectivity index (χ0n) is 9.79. The molecule has 0 spiro atoms. The Morgan fingerprint density at radius 1 is 1.47 bits per heavy atom. The first-order chi connectivity index (χ1) is 9.00. The molecule has 0 aliphatic carbocycles. The fraction of sp³-hybridized carbons (Fsp3) is 0.300. The zero-order chi connectivity index (χ0) is 14.3. The molecule has 19 heavy (non-hydrogen) atoms. The number of ether oxygens (including phenoxy) is 1. The van der Waals surface area contributed by atoms with Gasteiger partial charge in [-0.25, -0.2) is 14.4 Å². The van der Waals surface area contributed by atoms with Crippen LogP contribution in [0.1, 0.15) is 10.9 Å². The van der Waals surface area contributed by atoms with Crippen molar-refractivity contribution in [2.45, 2.75) is 6.04 Å². The molecule has 0 saturated carbocycles. The molecule has 1 aromatic heterocycles. The van der Waals surface area contributed by atoms with Gasteiger partial charge in [-0.15, -0.1) is 11.3 Å². The highest BCUT2D eigenvalue weighted by Gasteiger charge is 2.22. The topological polar surface area (TPSA) is 131 Å². The van der Waals surface area contributed by atoms with E-state index in [-0.39, 0.29) is 13.2 Å². The Bertz CT molecular complexity index is 448. The standard InChI is InChI=1S/C10H13N3O5S/c11-9(16)18-4-3-12-10(17)13-7(8(14)15)6-2-1-5-19-6/h1-2,5,7H,3-4H2,(H2,11,16)(H,14,15)(H2,12,13,17). The number of urea groups is 1. The summed E-state index contributed by atoms with van der Waals surface area (Å²) in [4.78, 5) is 33.2. The number of carbonyl (C=O) groups is 3. The average Bonchev–Trinajstić information content (AvgIpc) is 2.84. The maximum absolute atomic E-state index is 11.4. The number of aliphatic carboxylic acids is 1. The Labute approximate surface area is 112 Å². The number of thiophene rings is 1. The molecule has 9 heteroatoms. The van der Waals surface area contributed by atoms with Crippen LogP contribution in [-0.4, -0.2) is 36.4 Å². The highest BCUT2D eigenvalue weighted by molar-refractivity contribution is 7.10. The van der Waals surface area contributed by atoms with Crippen molar-refractivity contribution < 1.29 is 24.2 Å². The molecule has 1 heterocycles. The summed E-state index contributed by atoms with van der Waals surface area (Å²) in [6.07, 6.45) is -0.941. The summed E-state index contributed by atoms with van der Waals surface area (Å²) in [5.41, 5.74) is 4.73. The molecule has 104 valence electrons. The van der Waals surface area contributed by atoms with Crippen LogP contribution in [0.5, 0.6) is 0 Å². The van der Waals surface area contributed by atoms with Crippen molar-refractivity contribution in [3.8, 4) is 0 Å². The van der Waals surface area contributed by atoms with Crippen LogP contribution in [-0.2, 0) is 9.53 Å². The van der Waals surface area contributed by atoms with Crippen molar-refractivity contribution in [1.82, 2.24) is 10.6 Å². The van der Waals surface area contributed by atoms with Gasteiger partial charge in [0.1, 0.15) is 6.61 Å². The van der Waals surface area contributed by atoms with E-state index in [9.17, 15) is 14.4 Å². The van der Waals surface area contributed by atoms with Crippen molar-refractivity contribution in [3.63, 3.8) is 0 Å². The Balaban J connectivity index is 2.40. The van der Waals surface area contributed by atoms with E-state index in [4.69, 9.17) is 10.8 Å². The lowest BCUT2D eigenvalue weighted by molar-refractivity contribution is -0.139. The number of nitrogens with two attached hydrogens (primary N) is 1. The second-order valence-electron chi connectivity index (χ2n) is 3.35. The maximum Gasteiger partial charge on any atom is 0.404 e. The normalized spacial score (nSPS) is 11.4. The Morgan fingerprint density at radius 2 is 2.21 bits per heavy atom. The van der Waals surface area contributed by atoms with Gasteiger partial charge in [0, 0.05) is 4.88 Å². The molecule has 0 saturated heterocycles. The van der Waals surface area contributed by atoms with E-state index >= 15 is 0 Å². The lowest BCUT2D eigenvalue weighted by atomic mass is 10.2. The fourth-order valence-electron chi connectivity index (χ4n) is 1.21. The van der Waals surface area contributed by atoms with Crippen LogP contribution in [0.2, 0.25) is 0 Å². The third-order valence-electron chi connectivity index (χ3n) is 1.98. The van der Waals surface area contributed by atoms with Gasteiger partial charge < -0.3 is 26.2 Å². The number of carboxylic acid groups (broad SMARTS) is 1. The second-order valence-corrected chi connectivity index (χ2v) is 4.33. The molecule has 5 N–H and O–H groups in total. The molecular weight excluding hydrogens is 274 g/mol. The highest BCUT2D eigenvalue weighted by atomic mass is 32.1. The first-order valence-corrected chi connectivity index (χ1v) is 6.11. The van der Waals surface area contributed by atoms with Crippen molar-refractivity contribution in [3.05, 3.63) is 22.4 Å². The molecule has 8 nitrogen and oxygen atoms in total. The minimum absolute atomic E-state index is 0.0333. The van der Waals surface area contributed by atoms with Crippen LogP contribution < -0.4 is 16.4 Å². The van der Waals surface area contributed by atoms with E-state index in [1.165, 1.54) is 11.3 Å². The van der Waals surface area contributed by atoms with Crippen molar-refractivity contribution in [2.24, 2.45) is 5.73 Å². The summed E-state index contributed by atoms with van der Waals surface area (Å²) < 4.78 is 4.40. The van der Waals surface area contributed by atoms with Crippen LogP contribution in [0.3, 0.4) is 0 Å². The fourth-order valence-corrected chi connectivity index (χ4v) is 1.98. The number of hydrogen-bond acceptors (Lipinski definition) is 5. The van der Waals surface area contributed by atoms with Gasteiger partial charge in [0.2, 0.25) is 0 Å². The molecule has 0 aromatic carbocycles. The van der Waals surface area contributed by atoms with Gasteiger partial charge in [-0.3, -0.25) is 0 Å². The third-order valence-corrected chi connectivity index (χ3v) is 2.92. The average molecular weight is 287 g/mol. The predicted octanol–water partition coefficient (Wildman–Crippen LogP) is 0.268. The van der Waals surface area contributed by atoms with Gasteiger partial charge in [0.05, 0.1) is 6.54 Å². The van der Waals surface area contributed by atoms with Crippen LogP contribution in [0.25, 0.3) is 0 Å². The van der Waals surface area contributed by atoms with Gasteiger partial charge in [-0.1, -0.05) is 6.07 Å². The Morgan fingerprint density at radius 3 is 2.74 bits per heavy atom. The molecule has 0 bridgehead atoms. The van der Waals surface area contributed by atoms with E-state index in [0.29, 0.717) is 4.88 Å². The number of primary amides is 1. The Hall–Kier alpha value is -2.29. The van der Waals surface area contributed by atoms with Crippen LogP contribution >= 0.6 is 11.3 Å². The molecule has 0 aliphatic heterocycles.